The predicted octanol–water partition coefficient (Wildman–Crippen LogP) is 17.9. The van der Waals surface area contributed by atoms with Gasteiger partial charge in [-0.25, -0.2) is 0 Å². The largest absolute Gasteiger partial charge is 0.462 e. The van der Waals surface area contributed by atoms with Crippen LogP contribution in [-0.4, -0.2) is 37.2 Å². The van der Waals surface area contributed by atoms with Crippen LogP contribution >= 0.6 is 0 Å². The molecule has 0 saturated heterocycles. The highest BCUT2D eigenvalue weighted by molar-refractivity contribution is 5.71. The number of allylic oxidation sites excluding steroid dienone is 18. The molecule has 0 aliphatic heterocycles. The summed E-state index contributed by atoms with van der Waals surface area (Å²) in [5.41, 5.74) is 0. The van der Waals surface area contributed by atoms with Crippen molar-refractivity contribution < 1.29 is 28.6 Å². The zero-order chi connectivity index (χ0) is 47.9. The van der Waals surface area contributed by atoms with Crippen molar-refractivity contribution in [1.29, 1.82) is 0 Å². The predicted molar refractivity (Wildman–Crippen MR) is 283 cm³/mol. The quantitative estimate of drug-likeness (QED) is 0.0262. The summed E-state index contributed by atoms with van der Waals surface area (Å²) in [4.78, 5) is 38.1. The van der Waals surface area contributed by atoms with Crippen molar-refractivity contribution in [3.05, 3.63) is 109 Å². The van der Waals surface area contributed by atoms with Crippen LogP contribution in [0, 0.1) is 0 Å². The van der Waals surface area contributed by atoms with E-state index in [0.717, 1.165) is 89.9 Å². The Kier molecular flexibility index (Phi) is 50.5. The third-order valence-electron chi connectivity index (χ3n) is 11.2. The zero-order valence-electron chi connectivity index (χ0n) is 42.7. The summed E-state index contributed by atoms with van der Waals surface area (Å²) in [5, 5.41) is 0. The molecule has 6 nitrogen and oxygen atoms in total. The Morgan fingerprint density at radius 2 is 0.591 bits per heavy atom. The average molecular weight is 915 g/mol. The first kappa shape index (κ1) is 62.1. The number of carbonyl (C=O) groups is 3. The van der Waals surface area contributed by atoms with Crippen molar-refractivity contribution in [2.75, 3.05) is 13.2 Å². The fourth-order valence-corrected chi connectivity index (χ4v) is 7.18. The van der Waals surface area contributed by atoms with Crippen LogP contribution in [-0.2, 0) is 28.6 Å². The molecule has 0 aromatic heterocycles. The van der Waals surface area contributed by atoms with Crippen molar-refractivity contribution in [2.45, 2.75) is 239 Å². The lowest BCUT2D eigenvalue weighted by Crippen LogP contribution is -2.30. The van der Waals surface area contributed by atoms with Gasteiger partial charge in [0.1, 0.15) is 13.2 Å². The van der Waals surface area contributed by atoms with E-state index in [-0.39, 0.29) is 37.5 Å². The van der Waals surface area contributed by atoms with Crippen molar-refractivity contribution in [3.63, 3.8) is 0 Å². The molecule has 0 rings (SSSR count). The van der Waals surface area contributed by atoms with E-state index in [1.807, 2.05) is 60.8 Å². The molecule has 0 aliphatic rings. The molecule has 0 heterocycles. The Labute approximate surface area is 406 Å². The fraction of sp³-hybridized carbons (Fsp3) is 0.650. The molecule has 0 saturated carbocycles. The topological polar surface area (TPSA) is 78.9 Å². The molecule has 66 heavy (non-hydrogen) atoms. The second-order valence-electron chi connectivity index (χ2n) is 17.6. The summed E-state index contributed by atoms with van der Waals surface area (Å²) in [7, 11) is 0. The van der Waals surface area contributed by atoms with E-state index in [9.17, 15) is 14.4 Å². The first-order valence-electron chi connectivity index (χ1n) is 27.0. The minimum absolute atomic E-state index is 0.103. The molecule has 0 bridgehead atoms. The number of hydrogen-bond donors (Lipinski definition) is 0. The zero-order valence-corrected chi connectivity index (χ0v) is 42.7. The van der Waals surface area contributed by atoms with Gasteiger partial charge in [0, 0.05) is 19.3 Å². The smallest absolute Gasteiger partial charge is 0.306 e. The molecular weight excluding hydrogens is 817 g/mol. The Morgan fingerprint density at radius 1 is 0.318 bits per heavy atom. The first-order chi connectivity index (χ1) is 32.5. The van der Waals surface area contributed by atoms with E-state index in [0.29, 0.717) is 19.3 Å². The third-order valence-corrected chi connectivity index (χ3v) is 11.2. The van der Waals surface area contributed by atoms with E-state index < -0.39 is 6.10 Å². The van der Waals surface area contributed by atoms with E-state index in [4.69, 9.17) is 14.2 Å². The second kappa shape index (κ2) is 53.7. The van der Waals surface area contributed by atoms with Gasteiger partial charge in [0.15, 0.2) is 6.10 Å². The van der Waals surface area contributed by atoms with E-state index in [2.05, 4.69) is 69.4 Å². The molecular formula is C60H98O6. The fourth-order valence-electron chi connectivity index (χ4n) is 7.18. The molecule has 0 radical (unpaired) electrons. The number of unbranched alkanes of at least 4 members (excludes halogenated alkanes) is 25. The van der Waals surface area contributed by atoms with E-state index >= 15 is 0 Å². The highest BCUT2D eigenvalue weighted by Crippen LogP contribution is 2.14. The van der Waals surface area contributed by atoms with E-state index in [1.54, 1.807) is 0 Å². The maximum Gasteiger partial charge on any atom is 0.306 e. The van der Waals surface area contributed by atoms with Gasteiger partial charge in [0.25, 0.3) is 0 Å². The monoisotopic (exact) mass is 915 g/mol. The second-order valence-corrected chi connectivity index (χ2v) is 17.6. The molecule has 1 atom stereocenters. The van der Waals surface area contributed by atoms with Crippen molar-refractivity contribution >= 4 is 17.9 Å². The molecule has 0 aromatic rings. The molecule has 0 aliphatic carbocycles. The highest BCUT2D eigenvalue weighted by Gasteiger charge is 2.19. The summed E-state index contributed by atoms with van der Waals surface area (Å²) in [6, 6.07) is 0. The van der Waals surface area contributed by atoms with Gasteiger partial charge in [0.05, 0.1) is 0 Å². The summed E-state index contributed by atoms with van der Waals surface area (Å²) >= 11 is 0. The molecule has 0 spiro atoms. The van der Waals surface area contributed by atoms with Gasteiger partial charge in [-0.05, 0) is 64.2 Å². The minimum atomic E-state index is -0.810. The standard InChI is InChI=1S/C60H98O6/c1-4-7-10-13-16-19-22-25-27-29-31-32-35-38-41-44-47-50-53-59(62)65-56-57(55-64-58(61)52-49-46-43-40-37-34-24-21-18-15-12-9-6-3)66-60(63)54-51-48-45-42-39-36-33-30-28-26-23-20-17-14-11-8-5-2/h8,11,14,17,20,22-23,25-33,36,39,57H,4-7,9-10,12-13,15-16,18-19,21,24,34-35,37-38,40-56H2,1-3H3/b11-8-,17-14-,23-20-,25-22-,28-26-,29-27-,32-31-,33-30+,39-36-. The van der Waals surface area contributed by atoms with Gasteiger partial charge >= 0.3 is 17.9 Å². The van der Waals surface area contributed by atoms with Gasteiger partial charge in [-0.15, -0.1) is 0 Å². The average Bonchev–Trinajstić information content (AvgIpc) is 3.31. The lowest BCUT2D eigenvalue weighted by Gasteiger charge is -2.18. The van der Waals surface area contributed by atoms with Gasteiger partial charge < -0.3 is 14.2 Å². The molecule has 374 valence electrons. The van der Waals surface area contributed by atoms with Crippen LogP contribution in [0.1, 0.15) is 233 Å². The van der Waals surface area contributed by atoms with Crippen LogP contribution in [0.4, 0.5) is 0 Å². The van der Waals surface area contributed by atoms with Gasteiger partial charge in [0.2, 0.25) is 0 Å². The Balaban J connectivity index is 4.53. The first-order valence-corrected chi connectivity index (χ1v) is 27.0. The molecule has 0 N–H and O–H groups in total. The Bertz CT molecular complexity index is 1370. The van der Waals surface area contributed by atoms with Crippen molar-refractivity contribution in [2.24, 2.45) is 0 Å². The van der Waals surface area contributed by atoms with Gasteiger partial charge in [-0.3, -0.25) is 14.4 Å². The number of rotatable bonds is 47. The third kappa shape index (κ3) is 51.1. The van der Waals surface area contributed by atoms with Crippen LogP contribution in [0.2, 0.25) is 0 Å². The van der Waals surface area contributed by atoms with Crippen LogP contribution in [0.25, 0.3) is 0 Å². The minimum Gasteiger partial charge on any atom is -0.462 e. The van der Waals surface area contributed by atoms with Crippen LogP contribution in [0.15, 0.2) is 109 Å². The maximum atomic E-state index is 12.8. The number of carbonyl (C=O) groups excluding carboxylic acids is 3. The molecule has 0 aromatic carbocycles. The summed E-state index contributed by atoms with van der Waals surface area (Å²) in [5.74, 6) is -0.969. The van der Waals surface area contributed by atoms with Crippen LogP contribution < -0.4 is 0 Å². The van der Waals surface area contributed by atoms with E-state index in [1.165, 1.54) is 96.3 Å². The normalized spacial score (nSPS) is 13.0. The van der Waals surface area contributed by atoms with Gasteiger partial charge in [-0.2, -0.15) is 0 Å². The summed E-state index contributed by atoms with van der Waals surface area (Å²) < 4.78 is 16.8. The Morgan fingerprint density at radius 3 is 0.939 bits per heavy atom. The van der Waals surface area contributed by atoms with Crippen molar-refractivity contribution in [1.82, 2.24) is 0 Å². The number of ether oxygens (including phenoxy) is 3. The summed E-state index contributed by atoms with van der Waals surface area (Å²) in [6.45, 7) is 6.42. The molecule has 6 heteroatoms. The number of hydrogen-bond acceptors (Lipinski definition) is 6. The molecule has 0 fully saturated rings. The Hall–Kier alpha value is -3.93. The SMILES string of the molecule is CC\C=C/C=C\C=C/C=C\C=C\C=C/CCCCCC(=O)OC(COC(=O)CCCCCCC\C=C/C=C\C=C/CCCCCCC)COC(=O)CCCCCCCCCCCCCCC. The maximum absolute atomic E-state index is 12.8. The van der Waals surface area contributed by atoms with Crippen LogP contribution in [0.5, 0.6) is 0 Å². The molecule has 0 amide bonds. The van der Waals surface area contributed by atoms with Crippen LogP contribution in [0.3, 0.4) is 0 Å². The lowest BCUT2D eigenvalue weighted by atomic mass is 10.0. The summed E-state index contributed by atoms with van der Waals surface area (Å²) in [6.07, 6.45) is 72.1. The highest BCUT2D eigenvalue weighted by atomic mass is 16.6. The molecule has 1 unspecified atom stereocenters. The van der Waals surface area contributed by atoms with Crippen molar-refractivity contribution in [3.8, 4) is 0 Å². The number of esters is 3. The lowest BCUT2D eigenvalue weighted by molar-refractivity contribution is -0.167. The van der Waals surface area contributed by atoms with Gasteiger partial charge in [-0.1, -0.05) is 259 Å².